The molecule has 0 saturated heterocycles. The van der Waals surface area contributed by atoms with Gasteiger partial charge in [0.2, 0.25) is 0 Å². The van der Waals surface area contributed by atoms with Crippen LogP contribution in [0.2, 0.25) is 0 Å². The third-order valence-corrected chi connectivity index (χ3v) is 10.2. The highest BCUT2D eigenvalue weighted by Gasteiger charge is 2.75. The number of hydrogen-bond acceptors (Lipinski definition) is 5. The van der Waals surface area contributed by atoms with E-state index in [1.165, 1.54) is 13.8 Å². The third-order valence-electron chi connectivity index (χ3n) is 7.64. The molecule has 1 aromatic heterocycles. The van der Waals surface area contributed by atoms with Gasteiger partial charge < -0.3 is 10.4 Å². The minimum Gasteiger partial charge on any atom is -0.381 e. The fourth-order valence-electron chi connectivity index (χ4n) is 5.68. The first-order chi connectivity index (χ1) is 18.2. The smallest absolute Gasteiger partial charge is 0.381 e. The van der Waals surface area contributed by atoms with E-state index in [0.29, 0.717) is 6.07 Å². The number of amides is 1. The minimum absolute atomic E-state index is 0.00620. The lowest BCUT2D eigenvalue weighted by atomic mass is 9.76. The van der Waals surface area contributed by atoms with Crippen LogP contribution >= 0.6 is 0 Å². The number of benzene rings is 1. The third kappa shape index (κ3) is 4.45. The summed E-state index contributed by atoms with van der Waals surface area (Å²) in [5, 5.41) is 12.7. The lowest BCUT2D eigenvalue weighted by Gasteiger charge is -2.42. The highest BCUT2D eigenvalue weighted by Crippen LogP contribution is 2.58. The van der Waals surface area contributed by atoms with E-state index < -0.39 is 73.3 Å². The molecular formula is C25H24F8N2O4S. The number of alkyl halides is 7. The van der Waals surface area contributed by atoms with Crippen molar-refractivity contribution in [3.8, 4) is 0 Å². The molecule has 1 aromatic carbocycles. The molecule has 0 radical (unpaired) electrons. The Morgan fingerprint density at radius 1 is 0.975 bits per heavy atom. The van der Waals surface area contributed by atoms with Crippen molar-refractivity contribution in [2.75, 3.05) is 0 Å². The first kappa shape index (κ1) is 30.2. The lowest BCUT2D eigenvalue weighted by Crippen LogP contribution is -2.53. The fraction of sp³-hybridized carbons (Fsp3) is 0.520. The van der Waals surface area contributed by atoms with Crippen molar-refractivity contribution < 1.29 is 53.4 Å². The maximum Gasteiger partial charge on any atom is 0.437 e. The molecule has 0 bridgehead atoms. The molecule has 1 saturated carbocycles. The molecule has 15 heteroatoms. The van der Waals surface area contributed by atoms with Gasteiger partial charge in [-0.05, 0) is 75.4 Å². The van der Waals surface area contributed by atoms with Crippen LogP contribution in [0.25, 0.3) is 0 Å². The van der Waals surface area contributed by atoms with E-state index in [2.05, 4.69) is 10.3 Å². The first-order valence-corrected chi connectivity index (χ1v) is 13.5. The average molecular weight is 601 g/mol. The molecule has 2 aliphatic rings. The Morgan fingerprint density at radius 2 is 1.55 bits per heavy atom. The van der Waals surface area contributed by atoms with E-state index in [1.807, 2.05) is 0 Å². The average Bonchev–Trinajstić information content (AvgIpc) is 3.21. The van der Waals surface area contributed by atoms with Crippen molar-refractivity contribution in [1.29, 1.82) is 0 Å². The number of sulfone groups is 1. The van der Waals surface area contributed by atoms with Crippen LogP contribution in [0.5, 0.6) is 0 Å². The van der Waals surface area contributed by atoms with Crippen LogP contribution in [-0.4, -0.2) is 48.4 Å². The minimum atomic E-state index is -6.42. The highest BCUT2D eigenvalue weighted by atomic mass is 32.2. The number of nitrogens with one attached hydrogen (secondary N) is 1. The van der Waals surface area contributed by atoms with Crippen molar-refractivity contribution >= 4 is 15.7 Å². The Bertz CT molecular complexity index is 1400. The van der Waals surface area contributed by atoms with Gasteiger partial charge in [-0.2, -0.15) is 26.3 Å². The molecule has 2 aromatic rings. The predicted molar refractivity (Wildman–Crippen MR) is 124 cm³/mol. The van der Waals surface area contributed by atoms with Gasteiger partial charge in [-0.25, -0.2) is 17.2 Å². The van der Waals surface area contributed by atoms with Crippen molar-refractivity contribution in [1.82, 2.24) is 10.3 Å². The molecule has 0 aliphatic heterocycles. The van der Waals surface area contributed by atoms with Crippen molar-refractivity contribution in [3.05, 3.63) is 59.2 Å². The van der Waals surface area contributed by atoms with Gasteiger partial charge >= 0.3 is 18.0 Å². The normalized spacial score (nSPS) is 23.9. The number of pyridine rings is 1. The Kier molecular flexibility index (Phi) is 7.06. The second kappa shape index (κ2) is 9.36. The van der Waals surface area contributed by atoms with Gasteiger partial charge in [0.15, 0.2) is 9.84 Å². The molecule has 1 fully saturated rings. The zero-order valence-electron chi connectivity index (χ0n) is 21.0. The Labute approximate surface area is 223 Å². The van der Waals surface area contributed by atoms with Gasteiger partial charge in [-0.3, -0.25) is 9.78 Å². The van der Waals surface area contributed by atoms with Gasteiger partial charge in [0, 0.05) is 17.7 Å². The molecule has 3 atom stereocenters. The van der Waals surface area contributed by atoms with Crippen molar-refractivity contribution in [2.45, 2.75) is 78.8 Å². The van der Waals surface area contributed by atoms with Crippen molar-refractivity contribution in [3.63, 3.8) is 0 Å². The van der Waals surface area contributed by atoms with Crippen LogP contribution in [0.3, 0.4) is 0 Å². The lowest BCUT2D eigenvalue weighted by molar-refractivity contribution is -0.350. The molecule has 1 heterocycles. The van der Waals surface area contributed by atoms with Gasteiger partial charge in [-0.1, -0.05) is 6.07 Å². The summed E-state index contributed by atoms with van der Waals surface area (Å²) < 4.78 is 135. The number of fused-ring (bicyclic) bond motifs is 3. The quantitative estimate of drug-likeness (QED) is 0.380. The van der Waals surface area contributed by atoms with Gasteiger partial charge in [0.05, 0.1) is 10.6 Å². The zero-order valence-corrected chi connectivity index (χ0v) is 21.8. The number of hydrogen-bond donors (Lipinski definition) is 2. The summed E-state index contributed by atoms with van der Waals surface area (Å²) in [7, 11) is -4.56. The number of nitrogens with zero attached hydrogens (tertiary/aromatic N) is 1. The molecule has 1 amide bonds. The summed E-state index contributed by atoms with van der Waals surface area (Å²) in [5.41, 5.74) is -10.3. The number of carbonyl (C=O) groups is 1. The topological polar surface area (TPSA) is 96.4 Å². The van der Waals surface area contributed by atoms with Crippen LogP contribution in [0.15, 0.2) is 41.3 Å². The van der Waals surface area contributed by atoms with E-state index in [0.717, 1.165) is 24.3 Å². The standard InChI is InChI=1S/C25H24F8N2O4S/c1-21(2,37)20(36)35-18-11-12-22(40(38,39)14-5-3-13(26)4-6-14)15(18)7-9-17-16(22)8-10-19(34-17)23(27,24(28,29)30)25(31,32)33/h3-6,8,10,15,18,37H,7,9,11-12H2,1-2H3,(H,35,36)/t15-,18+,22-/m0/s1. The number of halogens is 8. The first-order valence-electron chi connectivity index (χ1n) is 12.0. The second-order valence-electron chi connectivity index (χ2n) is 10.5. The van der Waals surface area contributed by atoms with E-state index in [4.69, 9.17) is 0 Å². The summed E-state index contributed by atoms with van der Waals surface area (Å²) in [6.07, 6.45) is -13.6. The second-order valence-corrected chi connectivity index (χ2v) is 12.7. The number of aromatic nitrogens is 1. The summed E-state index contributed by atoms with van der Waals surface area (Å²) in [6.45, 7) is 2.40. The van der Waals surface area contributed by atoms with E-state index in [9.17, 15) is 53.4 Å². The number of carbonyl (C=O) groups excluding carboxylic acids is 1. The fourth-order valence-corrected chi connectivity index (χ4v) is 8.14. The molecule has 40 heavy (non-hydrogen) atoms. The largest absolute Gasteiger partial charge is 0.437 e. The molecule has 0 unspecified atom stereocenters. The maximum absolute atomic E-state index is 14.8. The molecule has 6 nitrogen and oxygen atoms in total. The van der Waals surface area contributed by atoms with Crippen LogP contribution in [0.1, 0.15) is 50.1 Å². The van der Waals surface area contributed by atoms with Gasteiger partial charge in [-0.15, -0.1) is 0 Å². The zero-order chi connectivity index (χ0) is 30.1. The Balaban J connectivity index is 1.92. The predicted octanol–water partition coefficient (Wildman–Crippen LogP) is 4.79. The highest BCUT2D eigenvalue weighted by molar-refractivity contribution is 7.92. The van der Waals surface area contributed by atoms with Crippen molar-refractivity contribution in [2.24, 2.45) is 5.92 Å². The summed E-state index contributed by atoms with van der Waals surface area (Å²) >= 11 is 0. The van der Waals surface area contributed by atoms with Gasteiger partial charge in [0.25, 0.3) is 5.91 Å². The van der Waals surface area contributed by atoms with E-state index >= 15 is 0 Å². The van der Waals surface area contributed by atoms with Crippen LogP contribution in [0.4, 0.5) is 35.1 Å². The Morgan fingerprint density at radius 3 is 2.08 bits per heavy atom. The molecule has 2 aliphatic carbocycles. The molecule has 4 rings (SSSR count). The van der Waals surface area contributed by atoms with Crippen LogP contribution < -0.4 is 5.32 Å². The summed E-state index contributed by atoms with van der Waals surface area (Å²) in [5.74, 6) is -2.55. The monoisotopic (exact) mass is 600 g/mol. The van der Waals surface area contributed by atoms with E-state index in [1.54, 1.807) is 0 Å². The van der Waals surface area contributed by atoms with E-state index in [-0.39, 0.29) is 42.2 Å². The SMILES string of the molecule is CC(C)(O)C(=O)N[C@@H]1CC[C@@]2(S(=O)(=O)c3ccc(F)cc3)c3ccc(C(F)(C(F)(F)F)C(F)(F)F)nc3CC[C@@H]12. The van der Waals surface area contributed by atoms with Crippen LogP contribution in [-0.2, 0) is 31.5 Å². The maximum atomic E-state index is 14.8. The molecule has 220 valence electrons. The number of rotatable bonds is 5. The molecule has 2 N–H and O–H groups in total. The van der Waals surface area contributed by atoms with Crippen LogP contribution in [0, 0.1) is 11.7 Å². The number of aryl methyl sites for hydroxylation is 1. The summed E-state index contributed by atoms with van der Waals surface area (Å²) in [6, 6.07) is 3.69. The number of aliphatic hydroxyl groups is 1. The van der Waals surface area contributed by atoms with Gasteiger partial charge in [0.1, 0.15) is 16.2 Å². The Hall–Kier alpha value is -2.81. The summed E-state index contributed by atoms with van der Waals surface area (Å²) in [4.78, 5) is 15.6. The molecule has 0 spiro atoms. The molecular weight excluding hydrogens is 576 g/mol.